The number of amides is 1. The summed E-state index contributed by atoms with van der Waals surface area (Å²) in [6.07, 6.45) is 5.41. The first-order chi connectivity index (χ1) is 16.0. The monoisotopic (exact) mass is 440 g/mol. The van der Waals surface area contributed by atoms with E-state index < -0.39 is 0 Å². The van der Waals surface area contributed by atoms with Crippen LogP contribution in [0.4, 0.5) is 0 Å². The normalized spacial score (nSPS) is 15.7. The van der Waals surface area contributed by atoms with Crippen molar-refractivity contribution in [3.63, 3.8) is 0 Å². The van der Waals surface area contributed by atoms with Gasteiger partial charge in [0.25, 0.3) is 0 Å². The molecule has 5 rings (SSSR count). The number of hydrogen-bond donors (Lipinski definition) is 0. The van der Waals surface area contributed by atoms with Gasteiger partial charge in [0.1, 0.15) is 11.5 Å². The number of imidazole rings is 1. The highest BCUT2D eigenvalue weighted by Gasteiger charge is 2.29. The fourth-order valence-electron chi connectivity index (χ4n) is 4.36. The Balaban J connectivity index is 1.49. The Kier molecular flexibility index (Phi) is 5.30. The van der Waals surface area contributed by atoms with Gasteiger partial charge in [0.05, 0.1) is 29.0 Å². The summed E-state index contributed by atoms with van der Waals surface area (Å²) in [6.45, 7) is 6.68. The van der Waals surface area contributed by atoms with Crippen molar-refractivity contribution in [2.75, 3.05) is 13.1 Å². The molecule has 1 fully saturated rings. The number of hydrogen-bond acceptors (Lipinski definition) is 4. The molecule has 1 amide bonds. The number of benzene rings is 2. The first kappa shape index (κ1) is 20.8. The molecule has 3 heterocycles. The molecule has 0 aliphatic carbocycles. The van der Waals surface area contributed by atoms with Crippen LogP contribution >= 0.6 is 0 Å². The Morgan fingerprint density at radius 1 is 1.06 bits per heavy atom. The lowest BCUT2D eigenvalue weighted by Crippen LogP contribution is -2.31. The Labute approximate surface area is 191 Å². The molecule has 1 aliphatic heterocycles. The van der Waals surface area contributed by atoms with Crippen LogP contribution in [0.15, 0.2) is 84.4 Å². The zero-order valence-electron chi connectivity index (χ0n) is 18.3. The summed E-state index contributed by atoms with van der Waals surface area (Å²) in [4.78, 5) is 31.6. The highest BCUT2D eigenvalue weighted by atomic mass is 16.5. The summed E-state index contributed by atoms with van der Waals surface area (Å²) in [7, 11) is 0. The summed E-state index contributed by atoms with van der Waals surface area (Å²) in [5.41, 5.74) is 3.27. The second-order valence-corrected chi connectivity index (χ2v) is 8.19. The maximum absolute atomic E-state index is 13.6. The lowest BCUT2D eigenvalue weighted by atomic mass is 10.2. The van der Waals surface area contributed by atoms with E-state index in [1.165, 1.54) is 11.6 Å². The van der Waals surface area contributed by atoms with Crippen LogP contribution in [-0.2, 0) is 4.79 Å². The minimum absolute atomic E-state index is 0.100. The molecule has 166 valence electrons. The third-order valence-corrected chi connectivity index (χ3v) is 6.04. The van der Waals surface area contributed by atoms with Crippen molar-refractivity contribution < 1.29 is 9.53 Å². The van der Waals surface area contributed by atoms with E-state index in [0.717, 1.165) is 22.5 Å². The van der Waals surface area contributed by atoms with Gasteiger partial charge >= 0.3 is 5.69 Å². The minimum Gasteiger partial charge on any atom is -0.457 e. The van der Waals surface area contributed by atoms with Crippen molar-refractivity contribution in [2.45, 2.75) is 19.4 Å². The molecule has 4 aromatic rings. The van der Waals surface area contributed by atoms with Crippen LogP contribution in [0, 0.1) is 6.92 Å². The van der Waals surface area contributed by atoms with E-state index in [-0.39, 0.29) is 17.6 Å². The molecule has 2 aromatic carbocycles. The molecule has 0 radical (unpaired) electrons. The molecule has 7 nitrogen and oxygen atoms in total. The highest BCUT2D eigenvalue weighted by molar-refractivity contribution is 5.87. The van der Waals surface area contributed by atoms with Crippen molar-refractivity contribution in [3.05, 3.63) is 95.7 Å². The number of ether oxygens (including phenoxy) is 1. The molecule has 7 heteroatoms. The van der Waals surface area contributed by atoms with Crippen LogP contribution in [0.1, 0.15) is 18.0 Å². The lowest BCUT2D eigenvalue weighted by Gasteiger charge is -2.15. The number of carbonyl (C=O) groups is 1. The van der Waals surface area contributed by atoms with Gasteiger partial charge in [-0.1, -0.05) is 24.3 Å². The largest absolute Gasteiger partial charge is 0.457 e. The zero-order chi connectivity index (χ0) is 22.9. The number of fused-ring (bicyclic) bond motifs is 1. The minimum atomic E-state index is -0.150. The first-order valence-electron chi connectivity index (χ1n) is 10.9. The predicted molar refractivity (Wildman–Crippen MR) is 127 cm³/mol. The van der Waals surface area contributed by atoms with Gasteiger partial charge in [0, 0.05) is 19.3 Å². The molecule has 0 N–H and O–H groups in total. The summed E-state index contributed by atoms with van der Waals surface area (Å²) in [6, 6.07) is 17.0. The van der Waals surface area contributed by atoms with Crippen molar-refractivity contribution in [1.82, 2.24) is 19.0 Å². The maximum Gasteiger partial charge on any atom is 0.334 e. The standard InChI is InChI=1S/C26H24N4O3/c1-3-25(31)28-15-13-20(17-28)30-23-12-14-27-16-24(23)29(26(30)32)19-6-10-22(11-7-19)33-21-8-4-18(2)5-9-21/h3-12,14,16,20H,1,13,15,17H2,2H3/t20-/m1/s1. The number of aromatic nitrogens is 3. The smallest absolute Gasteiger partial charge is 0.334 e. The highest BCUT2D eigenvalue weighted by Crippen LogP contribution is 2.28. The second-order valence-electron chi connectivity index (χ2n) is 8.19. The van der Waals surface area contributed by atoms with Gasteiger partial charge in [-0.2, -0.15) is 0 Å². The van der Waals surface area contributed by atoms with E-state index in [1.54, 1.807) is 26.4 Å². The van der Waals surface area contributed by atoms with Gasteiger partial charge in [-0.15, -0.1) is 0 Å². The lowest BCUT2D eigenvalue weighted by molar-refractivity contribution is -0.125. The Hall–Kier alpha value is -4.13. The van der Waals surface area contributed by atoms with Crippen LogP contribution in [0.2, 0.25) is 0 Å². The van der Waals surface area contributed by atoms with Crippen molar-refractivity contribution in [1.29, 1.82) is 0 Å². The topological polar surface area (TPSA) is 69.4 Å². The van der Waals surface area contributed by atoms with Gasteiger partial charge in [-0.3, -0.25) is 18.9 Å². The zero-order valence-corrected chi connectivity index (χ0v) is 18.3. The molecular weight excluding hydrogens is 416 g/mol. The predicted octanol–water partition coefficient (Wildman–Crippen LogP) is 4.25. The Morgan fingerprint density at radius 3 is 2.45 bits per heavy atom. The van der Waals surface area contributed by atoms with E-state index in [0.29, 0.717) is 25.3 Å². The fraction of sp³-hybridized carbons (Fsp3) is 0.192. The van der Waals surface area contributed by atoms with E-state index in [9.17, 15) is 9.59 Å². The van der Waals surface area contributed by atoms with E-state index in [2.05, 4.69) is 11.6 Å². The van der Waals surface area contributed by atoms with E-state index >= 15 is 0 Å². The van der Waals surface area contributed by atoms with Crippen LogP contribution in [0.25, 0.3) is 16.7 Å². The summed E-state index contributed by atoms with van der Waals surface area (Å²) in [5.74, 6) is 1.33. The molecule has 1 saturated heterocycles. The molecule has 33 heavy (non-hydrogen) atoms. The molecule has 0 spiro atoms. The van der Waals surface area contributed by atoms with Crippen molar-refractivity contribution in [2.24, 2.45) is 0 Å². The number of carbonyl (C=O) groups excluding carboxylic acids is 1. The summed E-state index contributed by atoms with van der Waals surface area (Å²) >= 11 is 0. The Morgan fingerprint density at radius 2 is 1.76 bits per heavy atom. The number of pyridine rings is 1. The SMILES string of the molecule is C=CC(=O)N1CC[C@@H](n2c(=O)n(-c3ccc(Oc4ccc(C)cc4)cc3)c3cnccc32)C1. The van der Waals surface area contributed by atoms with E-state index in [4.69, 9.17) is 4.74 Å². The van der Waals surface area contributed by atoms with Crippen LogP contribution in [-0.4, -0.2) is 38.0 Å². The molecule has 0 saturated carbocycles. The number of aryl methyl sites for hydroxylation is 1. The maximum atomic E-state index is 13.6. The molecule has 0 bridgehead atoms. The van der Waals surface area contributed by atoms with Gasteiger partial charge < -0.3 is 9.64 Å². The van der Waals surface area contributed by atoms with Crippen molar-refractivity contribution >= 4 is 16.9 Å². The molecule has 0 unspecified atom stereocenters. The van der Waals surface area contributed by atoms with E-state index in [1.807, 2.05) is 61.5 Å². The fourth-order valence-corrected chi connectivity index (χ4v) is 4.36. The quantitative estimate of drug-likeness (QED) is 0.435. The van der Waals surface area contributed by atoms with Gasteiger partial charge in [-0.05, 0) is 61.9 Å². The average Bonchev–Trinajstić information content (AvgIpc) is 3.43. The molecule has 1 atom stereocenters. The van der Waals surface area contributed by atoms with Crippen LogP contribution < -0.4 is 10.4 Å². The Bertz CT molecular complexity index is 1380. The van der Waals surface area contributed by atoms with Gasteiger partial charge in [0.2, 0.25) is 5.91 Å². The molecule has 1 aliphatic rings. The van der Waals surface area contributed by atoms with Crippen LogP contribution in [0.3, 0.4) is 0 Å². The molecule has 2 aromatic heterocycles. The van der Waals surface area contributed by atoms with Gasteiger partial charge in [-0.25, -0.2) is 4.79 Å². The third-order valence-electron chi connectivity index (χ3n) is 6.04. The first-order valence-corrected chi connectivity index (χ1v) is 10.9. The summed E-state index contributed by atoms with van der Waals surface area (Å²) < 4.78 is 9.37. The second kappa shape index (κ2) is 8.43. The third kappa shape index (κ3) is 3.82. The van der Waals surface area contributed by atoms with Crippen molar-refractivity contribution in [3.8, 4) is 17.2 Å². The molecular formula is C26H24N4O3. The van der Waals surface area contributed by atoms with Crippen LogP contribution in [0.5, 0.6) is 11.5 Å². The summed E-state index contributed by atoms with van der Waals surface area (Å²) in [5, 5.41) is 0. The number of rotatable bonds is 5. The average molecular weight is 441 g/mol. The van der Waals surface area contributed by atoms with Gasteiger partial charge in [0.15, 0.2) is 0 Å². The number of likely N-dealkylation sites (tertiary alicyclic amines) is 1. The number of nitrogens with zero attached hydrogens (tertiary/aromatic N) is 4.